The number of aliphatic hydroxyl groups is 1. The second-order valence-corrected chi connectivity index (χ2v) is 5.33. The van der Waals surface area contributed by atoms with E-state index in [0.29, 0.717) is 0 Å². The third-order valence-electron chi connectivity index (χ3n) is 1.73. The normalized spacial score (nSPS) is 10.6. The van der Waals surface area contributed by atoms with E-state index < -0.39 is 0 Å². The highest BCUT2D eigenvalue weighted by molar-refractivity contribution is 7.97. The zero-order valence-corrected chi connectivity index (χ0v) is 11.6. The standard InChI is InChI=1S/C11H18N2OS.C2H4/c1-11(2,3)13-15-10-6-8(7-14)4-5-9(10)12;1-2/h4-6,13-14H,7,12H2,1-3H3;1-2H2. The number of aliphatic hydroxyl groups excluding tert-OH is 1. The van der Waals surface area contributed by atoms with Gasteiger partial charge in [0.25, 0.3) is 0 Å². The Morgan fingerprint density at radius 1 is 1.35 bits per heavy atom. The molecule has 96 valence electrons. The van der Waals surface area contributed by atoms with Crippen molar-refractivity contribution in [1.29, 1.82) is 0 Å². The summed E-state index contributed by atoms with van der Waals surface area (Å²) in [6.07, 6.45) is 0. The molecule has 1 rings (SSSR count). The van der Waals surface area contributed by atoms with Gasteiger partial charge < -0.3 is 10.8 Å². The van der Waals surface area contributed by atoms with Crippen molar-refractivity contribution in [2.24, 2.45) is 0 Å². The van der Waals surface area contributed by atoms with E-state index in [2.05, 4.69) is 38.7 Å². The van der Waals surface area contributed by atoms with Crippen LogP contribution in [-0.2, 0) is 6.61 Å². The van der Waals surface area contributed by atoms with Crippen LogP contribution in [-0.4, -0.2) is 10.6 Å². The van der Waals surface area contributed by atoms with Gasteiger partial charge in [-0.3, -0.25) is 4.72 Å². The van der Waals surface area contributed by atoms with Gasteiger partial charge >= 0.3 is 0 Å². The van der Waals surface area contributed by atoms with E-state index in [1.165, 1.54) is 11.9 Å². The summed E-state index contributed by atoms with van der Waals surface area (Å²) >= 11 is 1.50. The molecule has 0 atom stereocenters. The monoisotopic (exact) mass is 254 g/mol. The molecular weight excluding hydrogens is 232 g/mol. The van der Waals surface area contributed by atoms with Crippen LogP contribution in [0.1, 0.15) is 26.3 Å². The molecule has 4 N–H and O–H groups in total. The molecule has 0 aromatic heterocycles. The van der Waals surface area contributed by atoms with Gasteiger partial charge in [0.15, 0.2) is 0 Å². The van der Waals surface area contributed by atoms with Crippen LogP contribution in [0.2, 0.25) is 0 Å². The maximum Gasteiger partial charge on any atom is 0.0682 e. The molecule has 0 fully saturated rings. The number of hydrogen-bond acceptors (Lipinski definition) is 4. The Kier molecular flexibility index (Phi) is 6.95. The zero-order chi connectivity index (χ0) is 13.5. The molecule has 0 radical (unpaired) electrons. The largest absolute Gasteiger partial charge is 0.398 e. The Labute approximate surface area is 108 Å². The molecule has 1 aromatic rings. The molecule has 4 heteroatoms. The van der Waals surface area contributed by atoms with E-state index in [1.807, 2.05) is 18.2 Å². The maximum absolute atomic E-state index is 9.01. The van der Waals surface area contributed by atoms with Gasteiger partial charge in [0.2, 0.25) is 0 Å². The average molecular weight is 254 g/mol. The quantitative estimate of drug-likeness (QED) is 0.441. The minimum Gasteiger partial charge on any atom is -0.398 e. The Morgan fingerprint density at radius 3 is 2.41 bits per heavy atom. The van der Waals surface area contributed by atoms with Crippen LogP contribution in [0, 0.1) is 0 Å². The van der Waals surface area contributed by atoms with E-state index in [1.54, 1.807) is 0 Å². The van der Waals surface area contributed by atoms with Crippen LogP contribution >= 0.6 is 11.9 Å². The van der Waals surface area contributed by atoms with E-state index >= 15 is 0 Å². The molecule has 0 saturated carbocycles. The van der Waals surface area contributed by atoms with Gasteiger partial charge in [0.1, 0.15) is 0 Å². The molecule has 0 heterocycles. The van der Waals surface area contributed by atoms with Crippen LogP contribution in [0.4, 0.5) is 5.69 Å². The average Bonchev–Trinajstić information content (AvgIpc) is 2.29. The van der Waals surface area contributed by atoms with Crippen molar-refractivity contribution in [3.63, 3.8) is 0 Å². The van der Waals surface area contributed by atoms with Gasteiger partial charge in [-0.05, 0) is 50.4 Å². The molecule has 0 unspecified atom stereocenters. The molecule has 3 nitrogen and oxygen atoms in total. The molecule has 0 aliphatic carbocycles. The Bertz CT molecular complexity index is 348. The van der Waals surface area contributed by atoms with Crippen molar-refractivity contribution < 1.29 is 5.11 Å². The van der Waals surface area contributed by atoms with Crippen LogP contribution in [0.25, 0.3) is 0 Å². The van der Waals surface area contributed by atoms with Crippen molar-refractivity contribution in [2.75, 3.05) is 5.73 Å². The van der Waals surface area contributed by atoms with Crippen molar-refractivity contribution >= 4 is 17.6 Å². The number of benzene rings is 1. The van der Waals surface area contributed by atoms with Gasteiger partial charge in [-0.1, -0.05) is 6.07 Å². The molecule has 0 aliphatic rings. The fourth-order valence-electron chi connectivity index (χ4n) is 0.974. The van der Waals surface area contributed by atoms with E-state index in [4.69, 9.17) is 10.8 Å². The number of nitrogen functional groups attached to an aromatic ring is 1. The second-order valence-electron chi connectivity index (χ2n) is 4.48. The molecule has 0 amide bonds. The fraction of sp³-hybridized carbons (Fsp3) is 0.385. The molecule has 0 bridgehead atoms. The minimum atomic E-state index is 0.0341. The Hall–Kier alpha value is -0.970. The van der Waals surface area contributed by atoms with Crippen molar-refractivity contribution in [1.82, 2.24) is 4.72 Å². The summed E-state index contributed by atoms with van der Waals surface area (Å²) < 4.78 is 3.29. The summed E-state index contributed by atoms with van der Waals surface area (Å²) in [5, 5.41) is 9.01. The van der Waals surface area contributed by atoms with Crippen LogP contribution in [0.15, 0.2) is 36.3 Å². The van der Waals surface area contributed by atoms with Crippen LogP contribution in [0.3, 0.4) is 0 Å². The summed E-state index contributed by atoms with van der Waals surface area (Å²) in [6.45, 7) is 12.3. The molecule has 1 aromatic carbocycles. The lowest BCUT2D eigenvalue weighted by Crippen LogP contribution is -2.29. The van der Waals surface area contributed by atoms with Crippen LogP contribution < -0.4 is 10.5 Å². The topological polar surface area (TPSA) is 58.3 Å². The van der Waals surface area contributed by atoms with Gasteiger partial charge in [-0.2, -0.15) is 0 Å². The molecule has 0 aliphatic heterocycles. The summed E-state index contributed by atoms with van der Waals surface area (Å²) in [5.74, 6) is 0. The molecule has 17 heavy (non-hydrogen) atoms. The molecule has 0 saturated heterocycles. The maximum atomic E-state index is 9.01. The van der Waals surface area contributed by atoms with Crippen molar-refractivity contribution in [2.45, 2.75) is 37.8 Å². The third-order valence-corrected chi connectivity index (χ3v) is 3.02. The van der Waals surface area contributed by atoms with Crippen molar-refractivity contribution in [3.8, 4) is 0 Å². The third kappa shape index (κ3) is 6.36. The highest BCUT2D eigenvalue weighted by atomic mass is 32.2. The summed E-state index contributed by atoms with van der Waals surface area (Å²) in [6, 6.07) is 5.55. The van der Waals surface area contributed by atoms with Gasteiger partial charge in [-0.25, -0.2) is 0 Å². The fourth-order valence-corrected chi connectivity index (χ4v) is 1.79. The number of anilines is 1. The lowest BCUT2D eigenvalue weighted by molar-refractivity contribution is 0.281. The summed E-state index contributed by atoms with van der Waals surface area (Å²) in [7, 11) is 0. The SMILES string of the molecule is C=C.CC(C)(C)NSc1cc(CO)ccc1N. The molecular formula is C13H22N2OS. The van der Waals surface area contributed by atoms with E-state index in [9.17, 15) is 0 Å². The summed E-state index contributed by atoms with van der Waals surface area (Å²) in [4.78, 5) is 0.955. The number of rotatable bonds is 3. The predicted octanol–water partition coefficient (Wildman–Crippen LogP) is 2.96. The second kappa shape index (κ2) is 7.37. The lowest BCUT2D eigenvalue weighted by atomic mass is 10.1. The zero-order valence-electron chi connectivity index (χ0n) is 10.8. The van der Waals surface area contributed by atoms with Gasteiger partial charge in [0.05, 0.1) is 6.61 Å². The molecule has 0 spiro atoms. The Balaban J connectivity index is 0.00000121. The minimum absolute atomic E-state index is 0.0341. The first kappa shape index (κ1) is 16.0. The summed E-state index contributed by atoms with van der Waals surface area (Å²) in [5.41, 5.74) is 7.47. The van der Waals surface area contributed by atoms with Crippen LogP contribution in [0.5, 0.6) is 0 Å². The van der Waals surface area contributed by atoms with E-state index in [0.717, 1.165) is 16.1 Å². The Morgan fingerprint density at radius 2 is 1.94 bits per heavy atom. The smallest absolute Gasteiger partial charge is 0.0682 e. The van der Waals surface area contributed by atoms with E-state index in [-0.39, 0.29) is 12.1 Å². The number of nitrogens with two attached hydrogens (primary N) is 1. The van der Waals surface area contributed by atoms with Crippen molar-refractivity contribution in [3.05, 3.63) is 36.9 Å². The van der Waals surface area contributed by atoms with Gasteiger partial charge in [0, 0.05) is 16.1 Å². The highest BCUT2D eigenvalue weighted by Gasteiger charge is 2.10. The first-order chi connectivity index (χ1) is 7.92. The highest BCUT2D eigenvalue weighted by Crippen LogP contribution is 2.25. The van der Waals surface area contributed by atoms with Gasteiger partial charge in [-0.15, -0.1) is 13.2 Å². The lowest BCUT2D eigenvalue weighted by Gasteiger charge is -2.20. The first-order valence-electron chi connectivity index (χ1n) is 5.35. The number of hydrogen-bond donors (Lipinski definition) is 3. The number of nitrogens with one attached hydrogen (secondary N) is 1. The first-order valence-corrected chi connectivity index (χ1v) is 6.17. The predicted molar refractivity (Wildman–Crippen MR) is 76.8 cm³/mol.